The third-order valence-electron chi connectivity index (χ3n) is 2.46. The Bertz CT molecular complexity index is 391. The van der Waals surface area contributed by atoms with Gasteiger partial charge in [0.2, 0.25) is 5.91 Å². The van der Waals surface area contributed by atoms with Gasteiger partial charge in [0, 0.05) is 11.8 Å². The van der Waals surface area contributed by atoms with Crippen LogP contribution in [0.25, 0.3) is 0 Å². The molecule has 0 saturated carbocycles. The number of nitrogens with two attached hydrogens (primary N) is 1. The maximum absolute atomic E-state index is 11.6. The van der Waals surface area contributed by atoms with Gasteiger partial charge < -0.3 is 15.8 Å². The van der Waals surface area contributed by atoms with Gasteiger partial charge in [-0.05, 0) is 24.5 Å². The second-order valence-electron chi connectivity index (χ2n) is 4.74. The predicted octanol–water partition coefficient (Wildman–Crippen LogP) is 2.40. The molecule has 4 nitrogen and oxygen atoms in total. The third-order valence-corrected chi connectivity index (χ3v) is 2.46. The molecule has 3 N–H and O–H groups in total. The molecule has 1 rings (SSSR count). The number of ether oxygens (including phenoxy) is 1. The Morgan fingerprint density at radius 3 is 2.78 bits per heavy atom. The molecule has 0 radical (unpaired) electrons. The number of benzene rings is 1. The fraction of sp³-hybridized carbons (Fsp3) is 0.500. The van der Waals surface area contributed by atoms with Crippen LogP contribution in [-0.2, 0) is 4.79 Å². The van der Waals surface area contributed by atoms with Crippen LogP contribution < -0.4 is 15.8 Å². The first-order valence-corrected chi connectivity index (χ1v) is 6.32. The Hall–Kier alpha value is -1.55. The third kappa shape index (κ3) is 4.75. The SMILES string of the molecule is CCC(N)C(=O)Nc1cccc(OCC(C)C)c1. The maximum Gasteiger partial charge on any atom is 0.241 e. The van der Waals surface area contributed by atoms with Crippen LogP contribution in [0.15, 0.2) is 24.3 Å². The molecule has 1 aromatic rings. The molecule has 1 atom stereocenters. The smallest absolute Gasteiger partial charge is 0.241 e. The Morgan fingerprint density at radius 2 is 2.17 bits per heavy atom. The van der Waals surface area contributed by atoms with Crippen LogP contribution in [-0.4, -0.2) is 18.6 Å². The van der Waals surface area contributed by atoms with Gasteiger partial charge in [0.25, 0.3) is 0 Å². The molecule has 0 aliphatic rings. The van der Waals surface area contributed by atoms with Crippen molar-refractivity contribution in [3.05, 3.63) is 24.3 Å². The van der Waals surface area contributed by atoms with Gasteiger partial charge in [0.05, 0.1) is 12.6 Å². The van der Waals surface area contributed by atoms with E-state index < -0.39 is 6.04 Å². The summed E-state index contributed by atoms with van der Waals surface area (Å²) in [5.41, 5.74) is 6.37. The second kappa shape index (κ2) is 7.01. The number of hydrogen-bond acceptors (Lipinski definition) is 3. The molecule has 1 unspecified atom stereocenters. The first-order valence-electron chi connectivity index (χ1n) is 6.32. The molecule has 0 spiro atoms. The molecule has 1 amide bonds. The van der Waals surface area contributed by atoms with E-state index in [-0.39, 0.29) is 5.91 Å². The number of rotatable bonds is 6. The van der Waals surface area contributed by atoms with Crippen molar-refractivity contribution in [2.24, 2.45) is 11.7 Å². The lowest BCUT2D eigenvalue weighted by Gasteiger charge is -2.12. The van der Waals surface area contributed by atoms with Crippen LogP contribution in [0.1, 0.15) is 27.2 Å². The van der Waals surface area contributed by atoms with Crippen LogP contribution in [0.4, 0.5) is 5.69 Å². The van der Waals surface area contributed by atoms with Crippen molar-refractivity contribution in [3.8, 4) is 5.75 Å². The normalized spacial score (nSPS) is 12.3. The van der Waals surface area contributed by atoms with Crippen molar-refractivity contribution in [2.75, 3.05) is 11.9 Å². The molecule has 0 aliphatic carbocycles. The van der Waals surface area contributed by atoms with Crippen LogP contribution >= 0.6 is 0 Å². The van der Waals surface area contributed by atoms with Gasteiger partial charge in [-0.1, -0.05) is 26.8 Å². The zero-order valence-electron chi connectivity index (χ0n) is 11.3. The van der Waals surface area contributed by atoms with Gasteiger partial charge in [-0.15, -0.1) is 0 Å². The molecule has 0 aromatic heterocycles. The number of carbonyl (C=O) groups excluding carboxylic acids is 1. The monoisotopic (exact) mass is 250 g/mol. The molecule has 4 heteroatoms. The lowest BCUT2D eigenvalue weighted by Crippen LogP contribution is -2.34. The van der Waals surface area contributed by atoms with Crippen molar-refractivity contribution in [3.63, 3.8) is 0 Å². The van der Waals surface area contributed by atoms with E-state index in [1.54, 1.807) is 0 Å². The van der Waals surface area contributed by atoms with E-state index in [0.717, 1.165) is 5.75 Å². The summed E-state index contributed by atoms with van der Waals surface area (Å²) in [6.07, 6.45) is 0.620. The number of nitrogens with one attached hydrogen (secondary N) is 1. The van der Waals surface area contributed by atoms with Gasteiger partial charge >= 0.3 is 0 Å². The fourth-order valence-corrected chi connectivity index (χ4v) is 1.35. The van der Waals surface area contributed by atoms with Gasteiger partial charge in [0.1, 0.15) is 5.75 Å². The summed E-state index contributed by atoms with van der Waals surface area (Å²) >= 11 is 0. The summed E-state index contributed by atoms with van der Waals surface area (Å²) in [6.45, 7) is 6.72. The van der Waals surface area contributed by atoms with E-state index in [1.165, 1.54) is 0 Å². The van der Waals surface area contributed by atoms with Gasteiger partial charge in [-0.25, -0.2) is 0 Å². The van der Waals surface area contributed by atoms with E-state index in [4.69, 9.17) is 10.5 Å². The van der Waals surface area contributed by atoms with Crippen LogP contribution in [0.5, 0.6) is 5.75 Å². The lowest BCUT2D eigenvalue weighted by molar-refractivity contribution is -0.117. The minimum absolute atomic E-state index is 0.168. The number of amides is 1. The second-order valence-corrected chi connectivity index (χ2v) is 4.74. The zero-order chi connectivity index (χ0) is 13.5. The van der Waals surface area contributed by atoms with Crippen molar-refractivity contribution in [2.45, 2.75) is 33.2 Å². The highest BCUT2D eigenvalue weighted by Gasteiger charge is 2.11. The molecule has 0 heterocycles. The quantitative estimate of drug-likeness (QED) is 0.814. The molecule has 0 aliphatic heterocycles. The van der Waals surface area contributed by atoms with Crippen molar-refractivity contribution < 1.29 is 9.53 Å². The average molecular weight is 250 g/mol. The summed E-state index contributed by atoms with van der Waals surface area (Å²) in [5.74, 6) is 1.06. The largest absolute Gasteiger partial charge is 0.493 e. The number of carbonyl (C=O) groups is 1. The summed E-state index contributed by atoms with van der Waals surface area (Å²) in [6, 6.07) is 6.89. The highest BCUT2D eigenvalue weighted by atomic mass is 16.5. The molecule has 0 saturated heterocycles. The first kappa shape index (κ1) is 14.5. The van der Waals surface area contributed by atoms with E-state index in [0.29, 0.717) is 24.6 Å². The molecule has 1 aromatic carbocycles. The van der Waals surface area contributed by atoms with Crippen molar-refractivity contribution in [1.29, 1.82) is 0 Å². The molecular formula is C14H22N2O2. The molecule has 0 fully saturated rings. The Morgan fingerprint density at radius 1 is 1.44 bits per heavy atom. The van der Waals surface area contributed by atoms with E-state index in [9.17, 15) is 4.79 Å². The van der Waals surface area contributed by atoms with Crippen LogP contribution in [0.2, 0.25) is 0 Å². The minimum atomic E-state index is -0.467. The highest BCUT2D eigenvalue weighted by molar-refractivity contribution is 5.94. The molecule has 18 heavy (non-hydrogen) atoms. The average Bonchev–Trinajstić information content (AvgIpc) is 2.35. The van der Waals surface area contributed by atoms with E-state index >= 15 is 0 Å². The van der Waals surface area contributed by atoms with Crippen molar-refractivity contribution >= 4 is 11.6 Å². The summed E-state index contributed by atoms with van der Waals surface area (Å²) in [4.78, 5) is 11.6. The van der Waals surface area contributed by atoms with Gasteiger partial charge in [0.15, 0.2) is 0 Å². The van der Waals surface area contributed by atoms with Gasteiger partial charge in [-0.2, -0.15) is 0 Å². The molecule has 100 valence electrons. The zero-order valence-corrected chi connectivity index (χ0v) is 11.3. The Kier molecular flexibility index (Phi) is 5.65. The minimum Gasteiger partial charge on any atom is -0.493 e. The lowest BCUT2D eigenvalue weighted by atomic mass is 10.2. The standard InChI is InChI=1S/C14H22N2O2/c1-4-13(15)14(17)16-11-6-5-7-12(8-11)18-9-10(2)3/h5-8,10,13H,4,9,15H2,1-3H3,(H,16,17). The van der Waals surface area contributed by atoms with Crippen LogP contribution in [0, 0.1) is 5.92 Å². The number of hydrogen-bond donors (Lipinski definition) is 2. The van der Waals surface area contributed by atoms with E-state index in [2.05, 4.69) is 19.2 Å². The summed E-state index contributed by atoms with van der Waals surface area (Å²) < 4.78 is 5.59. The maximum atomic E-state index is 11.6. The topological polar surface area (TPSA) is 64.4 Å². The number of anilines is 1. The molecule has 0 bridgehead atoms. The van der Waals surface area contributed by atoms with Gasteiger partial charge in [-0.3, -0.25) is 4.79 Å². The van der Waals surface area contributed by atoms with Crippen LogP contribution in [0.3, 0.4) is 0 Å². The predicted molar refractivity (Wildman–Crippen MR) is 73.7 cm³/mol. The first-order chi connectivity index (χ1) is 8.52. The van der Waals surface area contributed by atoms with E-state index in [1.807, 2.05) is 31.2 Å². The molecular weight excluding hydrogens is 228 g/mol. The van der Waals surface area contributed by atoms with Crippen molar-refractivity contribution in [1.82, 2.24) is 0 Å². The fourth-order valence-electron chi connectivity index (χ4n) is 1.35. The summed E-state index contributed by atoms with van der Waals surface area (Å²) in [5, 5.41) is 2.78. The summed E-state index contributed by atoms with van der Waals surface area (Å²) in [7, 11) is 0. The highest BCUT2D eigenvalue weighted by Crippen LogP contribution is 2.18. The Balaban J connectivity index is 2.61. The Labute approximate surface area is 109 Å².